The van der Waals surface area contributed by atoms with Crippen molar-refractivity contribution in [2.75, 3.05) is 46.9 Å². The average Bonchev–Trinajstić information content (AvgIpc) is 3.12. The standard InChI is InChI=1S/C25H34N4O6/c1-4-17-5-7-25(8-6-17)23(32)29(24(33)26-25)16-21(30)27-9-11-28(12-10-27)22(31)18-13-19(34-2)15-20(14-18)35-3/h13-15,17H,4-12,16H2,1-3H3,(H,26,33). The first kappa shape index (κ1) is 24.8. The second-order valence-electron chi connectivity index (χ2n) is 9.53. The molecule has 1 spiro atoms. The molecule has 1 aromatic carbocycles. The van der Waals surface area contributed by atoms with Crippen LogP contribution in [0, 0.1) is 5.92 Å². The van der Waals surface area contributed by atoms with Crippen molar-refractivity contribution in [3.8, 4) is 11.5 Å². The fourth-order valence-corrected chi connectivity index (χ4v) is 5.24. The van der Waals surface area contributed by atoms with Crippen LogP contribution in [0.3, 0.4) is 0 Å². The molecule has 1 aliphatic carbocycles. The number of methoxy groups -OCH3 is 2. The van der Waals surface area contributed by atoms with Crippen molar-refractivity contribution in [2.24, 2.45) is 5.92 Å². The highest BCUT2D eigenvalue weighted by Gasteiger charge is 2.52. The third-order valence-corrected chi connectivity index (χ3v) is 7.59. The van der Waals surface area contributed by atoms with Gasteiger partial charge in [0.25, 0.3) is 11.8 Å². The third kappa shape index (κ3) is 4.92. The van der Waals surface area contributed by atoms with Crippen LogP contribution in [-0.4, -0.2) is 90.9 Å². The van der Waals surface area contributed by atoms with Gasteiger partial charge in [-0.05, 0) is 43.7 Å². The van der Waals surface area contributed by atoms with Gasteiger partial charge in [0.2, 0.25) is 5.91 Å². The normalized spacial score (nSPS) is 24.5. The molecular weight excluding hydrogens is 452 g/mol. The summed E-state index contributed by atoms with van der Waals surface area (Å²) in [4.78, 5) is 56.0. The molecule has 1 aromatic rings. The van der Waals surface area contributed by atoms with E-state index in [0.717, 1.165) is 24.2 Å². The SMILES string of the molecule is CCC1CCC2(CC1)NC(=O)N(CC(=O)N1CCN(C(=O)c3cc(OC)cc(OC)c3)CC1)C2=O. The van der Waals surface area contributed by atoms with Crippen LogP contribution in [0.25, 0.3) is 0 Å². The Hall–Kier alpha value is -3.30. The predicted molar refractivity (Wildman–Crippen MR) is 127 cm³/mol. The van der Waals surface area contributed by atoms with E-state index in [1.165, 1.54) is 14.2 Å². The Kier molecular flexibility index (Phi) is 7.18. The van der Waals surface area contributed by atoms with E-state index in [1.807, 2.05) is 0 Å². The molecule has 0 atom stereocenters. The number of rotatable bonds is 6. The zero-order valence-corrected chi connectivity index (χ0v) is 20.7. The van der Waals surface area contributed by atoms with Gasteiger partial charge in [0.1, 0.15) is 23.6 Å². The Bertz CT molecular complexity index is 973. The number of nitrogens with zero attached hydrogens (tertiary/aromatic N) is 3. The molecule has 3 aliphatic rings. The summed E-state index contributed by atoms with van der Waals surface area (Å²) in [5.41, 5.74) is -0.408. The van der Waals surface area contributed by atoms with E-state index in [0.29, 0.717) is 62.0 Å². The fourth-order valence-electron chi connectivity index (χ4n) is 5.24. The summed E-state index contributed by atoms with van der Waals surface area (Å²) < 4.78 is 10.5. The van der Waals surface area contributed by atoms with Crippen LogP contribution in [0.1, 0.15) is 49.4 Å². The van der Waals surface area contributed by atoms with Crippen LogP contribution in [0.2, 0.25) is 0 Å². The number of carbonyl (C=O) groups excluding carboxylic acids is 4. The van der Waals surface area contributed by atoms with Gasteiger partial charge in [0, 0.05) is 37.8 Å². The zero-order chi connectivity index (χ0) is 25.2. The number of hydrogen-bond donors (Lipinski definition) is 1. The molecule has 2 saturated heterocycles. The van der Waals surface area contributed by atoms with Gasteiger partial charge in [-0.15, -0.1) is 0 Å². The molecule has 2 aliphatic heterocycles. The molecule has 190 valence electrons. The number of urea groups is 1. The largest absolute Gasteiger partial charge is 0.497 e. The Morgan fingerprint density at radius 1 is 0.971 bits per heavy atom. The maximum absolute atomic E-state index is 13.1. The van der Waals surface area contributed by atoms with Gasteiger partial charge in [-0.25, -0.2) is 4.79 Å². The lowest BCUT2D eigenvalue weighted by Gasteiger charge is -2.36. The lowest BCUT2D eigenvalue weighted by atomic mass is 9.75. The van der Waals surface area contributed by atoms with Crippen molar-refractivity contribution in [3.63, 3.8) is 0 Å². The number of carbonyl (C=O) groups is 4. The first-order valence-corrected chi connectivity index (χ1v) is 12.2. The van der Waals surface area contributed by atoms with Crippen molar-refractivity contribution < 1.29 is 28.7 Å². The number of benzene rings is 1. The molecule has 10 nitrogen and oxygen atoms in total. The number of imide groups is 1. The number of amides is 5. The lowest BCUT2D eigenvalue weighted by Crippen LogP contribution is -2.53. The lowest BCUT2D eigenvalue weighted by molar-refractivity contribution is -0.140. The fraction of sp³-hybridized carbons (Fsp3) is 0.600. The van der Waals surface area contributed by atoms with E-state index in [1.54, 1.807) is 28.0 Å². The quantitative estimate of drug-likeness (QED) is 0.615. The summed E-state index contributed by atoms with van der Waals surface area (Å²) in [6, 6.07) is 4.52. The van der Waals surface area contributed by atoms with Crippen LogP contribution in [-0.2, 0) is 9.59 Å². The first-order chi connectivity index (χ1) is 16.8. The smallest absolute Gasteiger partial charge is 0.325 e. The van der Waals surface area contributed by atoms with E-state index in [2.05, 4.69) is 12.2 Å². The Morgan fingerprint density at radius 2 is 1.54 bits per heavy atom. The van der Waals surface area contributed by atoms with E-state index < -0.39 is 11.6 Å². The van der Waals surface area contributed by atoms with Gasteiger partial charge in [0.15, 0.2) is 0 Å². The Labute approximate surface area is 205 Å². The minimum absolute atomic E-state index is 0.173. The van der Waals surface area contributed by atoms with Crippen molar-refractivity contribution in [1.29, 1.82) is 0 Å². The minimum Gasteiger partial charge on any atom is -0.497 e. The summed E-state index contributed by atoms with van der Waals surface area (Å²) in [6.07, 6.45) is 4.12. The average molecular weight is 487 g/mol. The molecule has 0 unspecified atom stereocenters. The second kappa shape index (κ2) is 10.1. The number of hydrogen-bond acceptors (Lipinski definition) is 6. The van der Waals surface area contributed by atoms with E-state index in [9.17, 15) is 19.2 Å². The van der Waals surface area contributed by atoms with Gasteiger partial charge in [-0.3, -0.25) is 19.3 Å². The highest BCUT2D eigenvalue weighted by Crippen LogP contribution is 2.37. The van der Waals surface area contributed by atoms with Gasteiger partial charge in [-0.1, -0.05) is 13.3 Å². The topological polar surface area (TPSA) is 108 Å². The molecule has 4 rings (SSSR count). The van der Waals surface area contributed by atoms with Gasteiger partial charge in [0.05, 0.1) is 14.2 Å². The van der Waals surface area contributed by atoms with Crippen LogP contribution < -0.4 is 14.8 Å². The van der Waals surface area contributed by atoms with Crippen LogP contribution in [0.5, 0.6) is 11.5 Å². The Balaban J connectivity index is 1.33. The Morgan fingerprint density at radius 3 is 2.09 bits per heavy atom. The van der Waals surface area contributed by atoms with Crippen molar-refractivity contribution in [2.45, 2.75) is 44.6 Å². The second-order valence-corrected chi connectivity index (χ2v) is 9.53. The maximum Gasteiger partial charge on any atom is 0.325 e. The van der Waals surface area contributed by atoms with Crippen molar-refractivity contribution >= 4 is 23.8 Å². The molecule has 0 bridgehead atoms. The molecule has 10 heteroatoms. The summed E-state index contributed by atoms with van der Waals surface area (Å²) in [5, 5.41) is 2.87. The third-order valence-electron chi connectivity index (χ3n) is 7.59. The van der Waals surface area contributed by atoms with E-state index >= 15 is 0 Å². The summed E-state index contributed by atoms with van der Waals surface area (Å²) in [7, 11) is 3.05. The van der Waals surface area contributed by atoms with Crippen LogP contribution in [0.4, 0.5) is 4.79 Å². The molecule has 1 N–H and O–H groups in total. The zero-order valence-electron chi connectivity index (χ0n) is 20.7. The number of ether oxygens (including phenoxy) is 2. The highest BCUT2D eigenvalue weighted by atomic mass is 16.5. The maximum atomic E-state index is 13.1. The summed E-state index contributed by atoms with van der Waals surface area (Å²) >= 11 is 0. The van der Waals surface area contributed by atoms with Crippen LogP contribution >= 0.6 is 0 Å². The van der Waals surface area contributed by atoms with Crippen molar-refractivity contribution in [3.05, 3.63) is 23.8 Å². The van der Waals surface area contributed by atoms with E-state index in [-0.39, 0.29) is 24.3 Å². The molecule has 3 fully saturated rings. The summed E-state index contributed by atoms with van der Waals surface area (Å²) in [6.45, 7) is 3.24. The molecule has 2 heterocycles. The molecule has 1 saturated carbocycles. The predicted octanol–water partition coefficient (Wildman–Crippen LogP) is 1.88. The molecule has 0 aromatic heterocycles. The first-order valence-electron chi connectivity index (χ1n) is 12.2. The van der Waals surface area contributed by atoms with Crippen LogP contribution in [0.15, 0.2) is 18.2 Å². The van der Waals surface area contributed by atoms with Gasteiger partial charge >= 0.3 is 6.03 Å². The number of piperazine rings is 1. The molecule has 0 radical (unpaired) electrons. The molecule has 35 heavy (non-hydrogen) atoms. The highest BCUT2D eigenvalue weighted by molar-refractivity contribution is 6.09. The molecule has 5 amide bonds. The van der Waals surface area contributed by atoms with Gasteiger partial charge in [-0.2, -0.15) is 0 Å². The van der Waals surface area contributed by atoms with Crippen molar-refractivity contribution in [1.82, 2.24) is 20.0 Å². The number of nitrogens with one attached hydrogen (secondary N) is 1. The molecular formula is C25H34N4O6. The monoisotopic (exact) mass is 486 g/mol. The van der Waals surface area contributed by atoms with Gasteiger partial charge < -0.3 is 24.6 Å². The summed E-state index contributed by atoms with van der Waals surface area (Å²) in [5.74, 6) is 0.882. The van der Waals surface area contributed by atoms with E-state index in [4.69, 9.17) is 9.47 Å². The minimum atomic E-state index is -0.855.